The van der Waals surface area contributed by atoms with E-state index in [4.69, 9.17) is 0 Å². The van der Waals surface area contributed by atoms with E-state index in [0.29, 0.717) is 31.0 Å². The van der Waals surface area contributed by atoms with Crippen molar-refractivity contribution in [1.82, 2.24) is 25.4 Å². The van der Waals surface area contributed by atoms with Gasteiger partial charge in [0, 0.05) is 36.6 Å². The molecule has 27 heavy (non-hydrogen) atoms. The topological polar surface area (TPSA) is 91.0 Å². The summed E-state index contributed by atoms with van der Waals surface area (Å²) in [4.78, 5) is 32.8. The number of hydrogen-bond acceptors (Lipinski definition) is 5. The fourth-order valence-corrected chi connectivity index (χ4v) is 5.20. The van der Waals surface area contributed by atoms with Gasteiger partial charge < -0.3 is 10.2 Å². The SMILES string of the molecule is CC(C)CNC(=O)[C@@]1(Cc2cscn2)C[C@H]2CC[C@@H]1N2C(=O)c1ccn[nH]1. The summed E-state index contributed by atoms with van der Waals surface area (Å²) in [6.45, 7) is 4.81. The fourth-order valence-electron chi connectivity index (χ4n) is 4.64. The van der Waals surface area contributed by atoms with Gasteiger partial charge in [-0.25, -0.2) is 4.98 Å². The summed E-state index contributed by atoms with van der Waals surface area (Å²) in [5.41, 5.74) is 2.61. The van der Waals surface area contributed by atoms with E-state index in [0.717, 1.165) is 18.5 Å². The third-order valence-corrected chi connectivity index (χ3v) is 6.44. The van der Waals surface area contributed by atoms with Crippen molar-refractivity contribution < 1.29 is 9.59 Å². The van der Waals surface area contributed by atoms with Gasteiger partial charge >= 0.3 is 0 Å². The summed E-state index contributed by atoms with van der Waals surface area (Å²) >= 11 is 1.54. The molecule has 0 radical (unpaired) electrons. The molecule has 0 unspecified atom stereocenters. The first kappa shape index (κ1) is 18.2. The molecule has 2 N–H and O–H groups in total. The van der Waals surface area contributed by atoms with E-state index in [-0.39, 0.29) is 23.9 Å². The maximum atomic E-state index is 13.3. The van der Waals surface area contributed by atoms with Crippen molar-refractivity contribution in [3.63, 3.8) is 0 Å². The predicted octanol–water partition coefficient (Wildman–Crippen LogP) is 2.24. The van der Waals surface area contributed by atoms with E-state index in [2.05, 4.69) is 34.3 Å². The van der Waals surface area contributed by atoms with E-state index in [1.165, 1.54) is 0 Å². The number of rotatable bonds is 6. The molecule has 2 aliphatic rings. The number of thiazole rings is 1. The first-order chi connectivity index (χ1) is 13.0. The zero-order chi connectivity index (χ0) is 19.0. The zero-order valence-corrected chi connectivity index (χ0v) is 16.5. The Balaban J connectivity index is 1.65. The molecule has 2 aliphatic heterocycles. The molecule has 2 fully saturated rings. The summed E-state index contributed by atoms with van der Waals surface area (Å²) in [5.74, 6) is 0.377. The molecule has 2 bridgehead atoms. The van der Waals surface area contributed by atoms with Crippen LogP contribution in [0.3, 0.4) is 0 Å². The van der Waals surface area contributed by atoms with Gasteiger partial charge in [0.2, 0.25) is 5.91 Å². The molecule has 8 heteroatoms. The van der Waals surface area contributed by atoms with E-state index >= 15 is 0 Å². The maximum absolute atomic E-state index is 13.3. The summed E-state index contributed by atoms with van der Waals surface area (Å²) in [6.07, 6.45) is 4.65. The zero-order valence-electron chi connectivity index (χ0n) is 15.6. The van der Waals surface area contributed by atoms with Crippen LogP contribution >= 0.6 is 11.3 Å². The second kappa shape index (κ2) is 7.07. The highest BCUT2D eigenvalue weighted by atomic mass is 32.1. The number of nitrogens with zero attached hydrogens (tertiary/aromatic N) is 3. The molecule has 144 valence electrons. The largest absolute Gasteiger partial charge is 0.355 e. The molecule has 4 rings (SSSR count). The molecule has 0 saturated carbocycles. The number of hydrogen-bond donors (Lipinski definition) is 2. The molecule has 7 nitrogen and oxygen atoms in total. The van der Waals surface area contributed by atoms with Crippen LogP contribution in [-0.4, -0.2) is 50.5 Å². The first-order valence-electron chi connectivity index (χ1n) is 9.48. The number of carbonyl (C=O) groups excluding carboxylic acids is 2. The van der Waals surface area contributed by atoms with Crippen molar-refractivity contribution in [2.45, 2.75) is 51.6 Å². The number of aromatic nitrogens is 3. The molecule has 2 aromatic heterocycles. The minimum absolute atomic E-state index is 0.0545. The third-order valence-electron chi connectivity index (χ3n) is 5.81. The number of carbonyl (C=O) groups is 2. The van der Waals surface area contributed by atoms with E-state index < -0.39 is 5.41 Å². The Hall–Kier alpha value is -2.22. The first-order valence-corrected chi connectivity index (χ1v) is 10.4. The van der Waals surface area contributed by atoms with Crippen LogP contribution < -0.4 is 5.32 Å². The van der Waals surface area contributed by atoms with Crippen LogP contribution in [0.2, 0.25) is 0 Å². The highest BCUT2D eigenvalue weighted by Gasteiger charge is 2.61. The number of aromatic amines is 1. The second-order valence-corrected chi connectivity index (χ2v) is 8.77. The van der Waals surface area contributed by atoms with Gasteiger partial charge in [-0.1, -0.05) is 13.8 Å². The van der Waals surface area contributed by atoms with Gasteiger partial charge in [-0.05, 0) is 31.2 Å². The lowest BCUT2D eigenvalue weighted by Crippen LogP contribution is -2.52. The smallest absolute Gasteiger partial charge is 0.272 e. The number of fused-ring (bicyclic) bond motifs is 2. The average molecular weight is 388 g/mol. The Bertz CT molecular complexity index is 804. The van der Waals surface area contributed by atoms with Crippen molar-refractivity contribution in [2.24, 2.45) is 11.3 Å². The molecular weight excluding hydrogens is 362 g/mol. The van der Waals surface area contributed by atoms with Crippen LogP contribution in [0.5, 0.6) is 0 Å². The van der Waals surface area contributed by atoms with Crippen LogP contribution in [0, 0.1) is 11.3 Å². The maximum Gasteiger partial charge on any atom is 0.272 e. The van der Waals surface area contributed by atoms with E-state index in [9.17, 15) is 9.59 Å². The third kappa shape index (κ3) is 3.16. The van der Waals surface area contributed by atoms with Crippen LogP contribution in [0.25, 0.3) is 0 Å². The van der Waals surface area contributed by atoms with E-state index in [1.807, 2.05) is 10.3 Å². The Labute approximate surface area is 162 Å². The van der Waals surface area contributed by atoms with Crippen LogP contribution in [0.1, 0.15) is 49.3 Å². The van der Waals surface area contributed by atoms with Gasteiger partial charge in [0.05, 0.1) is 16.6 Å². The van der Waals surface area contributed by atoms with Gasteiger partial charge in [-0.15, -0.1) is 11.3 Å². The predicted molar refractivity (Wildman–Crippen MR) is 102 cm³/mol. The Morgan fingerprint density at radius 1 is 1.44 bits per heavy atom. The van der Waals surface area contributed by atoms with Gasteiger partial charge in [-0.2, -0.15) is 5.10 Å². The molecule has 0 spiro atoms. The van der Waals surface area contributed by atoms with Crippen LogP contribution in [-0.2, 0) is 11.2 Å². The van der Waals surface area contributed by atoms with Crippen molar-refractivity contribution in [2.75, 3.05) is 6.54 Å². The van der Waals surface area contributed by atoms with Gasteiger partial charge in [0.25, 0.3) is 5.91 Å². The van der Waals surface area contributed by atoms with Gasteiger partial charge in [-0.3, -0.25) is 14.7 Å². The number of nitrogens with one attached hydrogen (secondary N) is 2. The quantitative estimate of drug-likeness (QED) is 0.795. The Morgan fingerprint density at radius 2 is 2.30 bits per heavy atom. The van der Waals surface area contributed by atoms with Crippen molar-refractivity contribution >= 4 is 23.2 Å². The lowest BCUT2D eigenvalue weighted by atomic mass is 9.70. The number of amides is 2. The standard InChI is InChI=1S/C19H25N5O2S/c1-12(2)9-20-18(26)19(7-13-10-27-11-21-13)8-14-3-4-16(19)24(14)17(25)15-5-6-22-23-15/h5-6,10-12,14,16H,3-4,7-9H2,1-2H3,(H,20,26)(H,22,23)/t14-,16+,19+/m1/s1. The minimum atomic E-state index is -0.610. The molecule has 3 atom stereocenters. The molecule has 2 saturated heterocycles. The normalized spacial score (nSPS) is 26.7. The summed E-state index contributed by atoms with van der Waals surface area (Å²) < 4.78 is 0. The monoisotopic (exact) mass is 387 g/mol. The number of H-pyrrole nitrogens is 1. The lowest BCUT2D eigenvalue weighted by Gasteiger charge is -2.36. The fraction of sp³-hybridized carbons (Fsp3) is 0.579. The highest BCUT2D eigenvalue weighted by molar-refractivity contribution is 7.07. The van der Waals surface area contributed by atoms with Crippen LogP contribution in [0.15, 0.2) is 23.2 Å². The van der Waals surface area contributed by atoms with Crippen molar-refractivity contribution in [3.05, 3.63) is 34.5 Å². The van der Waals surface area contributed by atoms with Crippen molar-refractivity contribution in [3.8, 4) is 0 Å². The molecule has 2 aromatic rings. The molecule has 0 aromatic carbocycles. The Morgan fingerprint density at radius 3 is 2.96 bits per heavy atom. The summed E-state index contributed by atoms with van der Waals surface area (Å²) in [6, 6.07) is 1.68. The lowest BCUT2D eigenvalue weighted by molar-refractivity contribution is -0.133. The van der Waals surface area contributed by atoms with E-state index in [1.54, 1.807) is 29.1 Å². The van der Waals surface area contributed by atoms with Crippen LogP contribution in [0.4, 0.5) is 0 Å². The molecule has 4 heterocycles. The average Bonchev–Trinajstić information content (AvgIpc) is 3.42. The van der Waals surface area contributed by atoms with Crippen molar-refractivity contribution in [1.29, 1.82) is 0 Å². The molecule has 0 aliphatic carbocycles. The van der Waals surface area contributed by atoms with Gasteiger partial charge in [0.1, 0.15) is 5.69 Å². The summed E-state index contributed by atoms with van der Waals surface area (Å²) in [5, 5.41) is 11.8. The molecular formula is C19H25N5O2S. The molecule has 2 amide bonds. The second-order valence-electron chi connectivity index (χ2n) is 8.05. The minimum Gasteiger partial charge on any atom is -0.355 e. The van der Waals surface area contributed by atoms with Gasteiger partial charge in [0.15, 0.2) is 0 Å². The summed E-state index contributed by atoms with van der Waals surface area (Å²) in [7, 11) is 0. The Kier molecular flexibility index (Phi) is 4.75. The highest BCUT2D eigenvalue weighted by Crippen LogP contribution is 2.52.